The van der Waals surface area contributed by atoms with E-state index in [1.54, 1.807) is 24.3 Å². The standard InChI is InChI=1S/C15H10FNO2/c1-19-15(18)12-6-8-14(17-10-12)7-5-11-3-2-4-13(16)9-11/h2-4,6,8-10H,1H3. The summed E-state index contributed by atoms with van der Waals surface area (Å²) >= 11 is 0. The number of benzene rings is 1. The molecule has 1 heterocycles. The van der Waals surface area contributed by atoms with E-state index >= 15 is 0 Å². The molecule has 0 spiro atoms. The molecule has 19 heavy (non-hydrogen) atoms. The van der Waals surface area contributed by atoms with Crippen molar-refractivity contribution in [1.82, 2.24) is 4.98 Å². The number of carbonyl (C=O) groups excluding carboxylic acids is 1. The zero-order valence-corrected chi connectivity index (χ0v) is 10.2. The Morgan fingerprint density at radius 1 is 1.26 bits per heavy atom. The molecule has 2 aromatic rings. The number of hydrogen-bond donors (Lipinski definition) is 0. The average Bonchev–Trinajstić information content (AvgIpc) is 2.45. The highest BCUT2D eigenvalue weighted by Gasteiger charge is 2.04. The van der Waals surface area contributed by atoms with Gasteiger partial charge in [-0.2, -0.15) is 0 Å². The quantitative estimate of drug-likeness (QED) is 0.580. The first kappa shape index (κ1) is 12.8. The Balaban J connectivity index is 2.19. The molecule has 0 amide bonds. The minimum absolute atomic E-state index is 0.333. The van der Waals surface area contributed by atoms with Crippen LogP contribution in [0.25, 0.3) is 0 Å². The van der Waals surface area contributed by atoms with Gasteiger partial charge in [-0.25, -0.2) is 14.2 Å². The van der Waals surface area contributed by atoms with Crippen molar-refractivity contribution in [2.45, 2.75) is 0 Å². The zero-order valence-electron chi connectivity index (χ0n) is 10.2. The third-order valence-electron chi connectivity index (χ3n) is 2.34. The third kappa shape index (κ3) is 3.39. The van der Waals surface area contributed by atoms with E-state index < -0.39 is 5.97 Å². The van der Waals surface area contributed by atoms with Crippen LogP contribution in [0.15, 0.2) is 42.6 Å². The topological polar surface area (TPSA) is 39.2 Å². The Kier molecular flexibility index (Phi) is 3.89. The van der Waals surface area contributed by atoms with Gasteiger partial charge in [0.2, 0.25) is 0 Å². The van der Waals surface area contributed by atoms with Gasteiger partial charge in [-0.3, -0.25) is 0 Å². The van der Waals surface area contributed by atoms with Crippen LogP contribution in [0.5, 0.6) is 0 Å². The van der Waals surface area contributed by atoms with Crippen LogP contribution in [0.3, 0.4) is 0 Å². The molecule has 0 saturated heterocycles. The SMILES string of the molecule is COC(=O)c1ccc(C#Cc2cccc(F)c2)nc1. The van der Waals surface area contributed by atoms with Gasteiger partial charge in [0.05, 0.1) is 12.7 Å². The van der Waals surface area contributed by atoms with Crippen molar-refractivity contribution in [2.24, 2.45) is 0 Å². The predicted octanol–water partition coefficient (Wildman–Crippen LogP) is 2.41. The van der Waals surface area contributed by atoms with Crippen molar-refractivity contribution in [3.63, 3.8) is 0 Å². The molecule has 94 valence electrons. The van der Waals surface area contributed by atoms with E-state index in [4.69, 9.17) is 0 Å². The van der Waals surface area contributed by atoms with Crippen LogP contribution < -0.4 is 0 Å². The molecule has 0 aliphatic rings. The molecule has 0 atom stereocenters. The van der Waals surface area contributed by atoms with Gasteiger partial charge in [-0.15, -0.1) is 0 Å². The Morgan fingerprint density at radius 3 is 2.74 bits per heavy atom. The van der Waals surface area contributed by atoms with E-state index in [9.17, 15) is 9.18 Å². The number of aromatic nitrogens is 1. The highest BCUT2D eigenvalue weighted by Crippen LogP contribution is 2.03. The molecule has 0 fully saturated rings. The molecule has 4 heteroatoms. The van der Waals surface area contributed by atoms with Crippen LogP contribution in [0.2, 0.25) is 0 Å². The van der Waals surface area contributed by atoms with E-state index in [-0.39, 0.29) is 5.82 Å². The number of esters is 1. The lowest BCUT2D eigenvalue weighted by atomic mass is 10.2. The first-order chi connectivity index (χ1) is 9.19. The van der Waals surface area contributed by atoms with Crippen LogP contribution in [0.4, 0.5) is 4.39 Å². The molecule has 0 N–H and O–H groups in total. The number of methoxy groups -OCH3 is 1. The first-order valence-corrected chi connectivity index (χ1v) is 5.51. The Morgan fingerprint density at radius 2 is 2.11 bits per heavy atom. The maximum atomic E-state index is 12.9. The lowest BCUT2D eigenvalue weighted by Gasteiger charge is -1.97. The normalized spacial score (nSPS) is 9.37. The van der Waals surface area contributed by atoms with Gasteiger partial charge in [0.25, 0.3) is 0 Å². The minimum atomic E-state index is -0.447. The summed E-state index contributed by atoms with van der Waals surface area (Å²) in [6, 6.07) is 9.18. The van der Waals surface area contributed by atoms with Crippen molar-refractivity contribution in [1.29, 1.82) is 0 Å². The van der Waals surface area contributed by atoms with Crippen molar-refractivity contribution in [2.75, 3.05) is 7.11 Å². The summed E-state index contributed by atoms with van der Waals surface area (Å²) in [6.45, 7) is 0. The summed E-state index contributed by atoms with van der Waals surface area (Å²) in [7, 11) is 1.31. The number of pyridine rings is 1. The lowest BCUT2D eigenvalue weighted by Crippen LogP contribution is -2.01. The van der Waals surface area contributed by atoms with Crippen LogP contribution >= 0.6 is 0 Å². The Labute approximate surface area is 110 Å². The van der Waals surface area contributed by atoms with Gasteiger partial charge in [0.15, 0.2) is 0 Å². The molecule has 1 aromatic heterocycles. The maximum absolute atomic E-state index is 12.9. The number of hydrogen-bond acceptors (Lipinski definition) is 3. The van der Waals surface area contributed by atoms with Crippen molar-refractivity contribution in [3.05, 3.63) is 65.2 Å². The van der Waals surface area contributed by atoms with Crippen molar-refractivity contribution < 1.29 is 13.9 Å². The van der Waals surface area contributed by atoms with Crippen molar-refractivity contribution >= 4 is 5.97 Å². The van der Waals surface area contributed by atoms with Gasteiger partial charge in [-0.1, -0.05) is 12.0 Å². The average molecular weight is 255 g/mol. The van der Waals surface area contributed by atoms with E-state index in [0.717, 1.165) is 0 Å². The molecule has 0 aliphatic heterocycles. The predicted molar refractivity (Wildman–Crippen MR) is 68.0 cm³/mol. The molecule has 0 aliphatic carbocycles. The molecular weight excluding hydrogens is 245 g/mol. The van der Waals surface area contributed by atoms with E-state index in [2.05, 4.69) is 21.6 Å². The number of rotatable bonds is 1. The van der Waals surface area contributed by atoms with Gasteiger partial charge < -0.3 is 4.74 Å². The monoisotopic (exact) mass is 255 g/mol. The second-order valence-electron chi connectivity index (χ2n) is 3.68. The Hall–Kier alpha value is -2.67. The number of ether oxygens (including phenoxy) is 1. The highest BCUT2D eigenvalue weighted by atomic mass is 19.1. The van der Waals surface area contributed by atoms with E-state index in [1.807, 2.05) is 0 Å². The zero-order chi connectivity index (χ0) is 13.7. The van der Waals surface area contributed by atoms with Crippen molar-refractivity contribution in [3.8, 4) is 11.8 Å². The molecule has 0 bridgehead atoms. The largest absolute Gasteiger partial charge is 0.465 e. The van der Waals surface area contributed by atoms with E-state index in [0.29, 0.717) is 16.8 Å². The van der Waals surface area contributed by atoms with Crippen LogP contribution in [0, 0.1) is 17.7 Å². The third-order valence-corrected chi connectivity index (χ3v) is 2.34. The second kappa shape index (κ2) is 5.78. The number of carbonyl (C=O) groups is 1. The van der Waals surface area contributed by atoms with Gasteiger partial charge in [0.1, 0.15) is 11.5 Å². The second-order valence-corrected chi connectivity index (χ2v) is 3.68. The van der Waals surface area contributed by atoms with E-state index in [1.165, 1.54) is 25.4 Å². The fourth-order valence-electron chi connectivity index (χ4n) is 1.41. The molecule has 1 aromatic carbocycles. The van der Waals surface area contributed by atoms with Crippen LogP contribution in [-0.4, -0.2) is 18.1 Å². The summed E-state index contributed by atoms with van der Waals surface area (Å²) in [4.78, 5) is 15.2. The summed E-state index contributed by atoms with van der Waals surface area (Å²) in [5.74, 6) is 4.81. The fourth-order valence-corrected chi connectivity index (χ4v) is 1.41. The lowest BCUT2D eigenvalue weighted by molar-refractivity contribution is 0.0600. The number of halogens is 1. The summed E-state index contributed by atoms with van der Waals surface area (Å²) < 4.78 is 17.5. The van der Waals surface area contributed by atoms with Crippen LogP contribution in [0.1, 0.15) is 21.6 Å². The molecule has 2 rings (SSSR count). The first-order valence-electron chi connectivity index (χ1n) is 5.51. The molecule has 0 radical (unpaired) electrons. The molecular formula is C15H10FNO2. The van der Waals surface area contributed by atoms with Crippen LogP contribution in [-0.2, 0) is 4.74 Å². The maximum Gasteiger partial charge on any atom is 0.339 e. The summed E-state index contributed by atoms with van der Waals surface area (Å²) in [5.41, 5.74) is 1.43. The fraction of sp³-hybridized carbons (Fsp3) is 0.0667. The molecule has 3 nitrogen and oxygen atoms in total. The Bertz CT molecular complexity index is 654. The molecule has 0 unspecified atom stereocenters. The van der Waals surface area contributed by atoms with Gasteiger partial charge >= 0.3 is 5.97 Å². The summed E-state index contributed by atoms with van der Waals surface area (Å²) in [6.07, 6.45) is 1.39. The van der Waals surface area contributed by atoms with Gasteiger partial charge in [-0.05, 0) is 36.3 Å². The van der Waals surface area contributed by atoms with Gasteiger partial charge in [0, 0.05) is 11.8 Å². The smallest absolute Gasteiger partial charge is 0.339 e. The minimum Gasteiger partial charge on any atom is -0.465 e. The molecule has 0 saturated carbocycles. The highest BCUT2D eigenvalue weighted by molar-refractivity contribution is 5.88. The summed E-state index contributed by atoms with van der Waals surface area (Å²) in [5, 5.41) is 0. The number of nitrogens with zero attached hydrogens (tertiary/aromatic N) is 1.